The summed E-state index contributed by atoms with van der Waals surface area (Å²) < 4.78 is 2.82. The number of piperidine rings is 1. The molecular weight excluding hydrogens is 336 g/mol. The molecule has 2 heterocycles. The van der Waals surface area contributed by atoms with E-state index in [1.54, 1.807) is 0 Å². The Hall–Kier alpha value is -1.30. The summed E-state index contributed by atoms with van der Waals surface area (Å²) in [5, 5.41) is 8.86. The summed E-state index contributed by atoms with van der Waals surface area (Å²) in [6.07, 6.45) is 5.51. The fourth-order valence-corrected chi connectivity index (χ4v) is 3.38. The molecule has 116 valence electrons. The Morgan fingerprint density at radius 1 is 1.43 bits per heavy atom. The Kier molecular flexibility index (Phi) is 5.45. The van der Waals surface area contributed by atoms with Crippen LogP contribution in [0.25, 0.3) is 0 Å². The maximum Gasteiger partial charge on any atom is 0.303 e. The Labute approximate surface area is 133 Å². The highest BCUT2D eigenvalue weighted by Gasteiger charge is 2.29. The smallest absolute Gasteiger partial charge is 0.303 e. The van der Waals surface area contributed by atoms with Gasteiger partial charge in [-0.25, -0.2) is 0 Å². The van der Waals surface area contributed by atoms with Crippen LogP contribution in [-0.4, -0.2) is 39.0 Å². The number of halogens is 1. The number of hydrogen-bond acceptors (Lipinski definition) is 2. The summed E-state index contributed by atoms with van der Waals surface area (Å²) in [5.74, 6) is -0.787. The van der Waals surface area contributed by atoms with Gasteiger partial charge in [-0.2, -0.15) is 0 Å². The number of carboxylic acid groups (broad SMARTS) is 1. The second kappa shape index (κ2) is 7.11. The molecule has 1 aromatic rings. The van der Waals surface area contributed by atoms with Gasteiger partial charge in [-0.1, -0.05) is 0 Å². The maximum atomic E-state index is 12.8. The molecule has 1 atom stereocenters. The minimum Gasteiger partial charge on any atom is -0.481 e. The Morgan fingerprint density at radius 3 is 2.86 bits per heavy atom. The number of carboxylic acids is 1. The molecule has 0 radical (unpaired) electrons. The lowest BCUT2D eigenvalue weighted by Gasteiger charge is -2.35. The van der Waals surface area contributed by atoms with Crippen molar-refractivity contribution in [2.24, 2.45) is 0 Å². The van der Waals surface area contributed by atoms with Crippen LogP contribution in [0, 0.1) is 0 Å². The van der Waals surface area contributed by atoms with Crippen molar-refractivity contribution >= 4 is 27.8 Å². The van der Waals surface area contributed by atoms with Crippen molar-refractivity contribution in [3.05, 3.63) is 22.4 Å². The molecule has 1 N–H and O–H groups in total. The fourth-order valence-electron chi connectivity index (χ4n) is 2.92. The first-order valence-electron chi connectivity index (χ1n) is 7.41. The zero-order valence-corrected chi connectivity index (χ0v) is 13.8. The molecule has 0 aliphatic carbocycles. The largest absolute Gasteiger partial charge is 0.481 e. The molecule has 1 fully saturated rings. The van der Waals surface area contributed by atoms with Crippen LogP contribution in [-0.2, 0) is 11.3 Å². The lowest BCUT2D eigenvalue weighted by atomic mass is 9.97. The molecule has 1 aliphatic rings. The summed E-state index contributed by atoms with van der Waals surface area (Å²) in [4.78, 5) is 25.4. The fraction of sp³-hybridized carbons (Fsp3) is 0.600. The minimum atomic E-state index is -0.798. The molecule has 2 rings (SSSR count). The van der Waals surface area contributed by atoms with Gasteiger partial charge in [0.25, 0.3) is 5.91 Å². The van der Waals surface area contributed by atoms with Gasteiger partial charge in [0.1, 0.15) is 5.69 Å². The van der Waals surface area contributed by atoms with Crippen LogP contribution >= 0.6 is 15.9 Å². The van der Waals surface area contributed by atoms with E-state index >= 15 is 0 Å². The molecule has 0 saturated carbocycles. The molecule has 0 bridgehead atoms. The average molecular weight is 357 g/mol. The summed E-state index contributed by atoms with van der Waals surface area (Å²) in [6.45, 7) is 3.46. The van der Waals surface area contributed by atoms with Crippen molar-refractivity contribution in [1.82, 2.24) is 9.47 Å². The van der Waals surface area contributed by atoms with E-state index in [0.29, 0.717) is 12.1 Å². The third kappa shape index (κ3) is 3.87. The number of rotatable bonds is 5. The van der Waals surface area contributed by atoms with Gasteiger partial charge in [-0.05, 0) is 54.6 Å². The predicted octanol–water partition coefficient (Wildman–Crippen LogP) is 3.13. The van der Waals surface area contributed by atoms with Gasteiger partial charge < -0.3 is 14.6 Å². The zero-order valence-electron chi connectivity index (χ0n) is 12.2. The van der Waals surface area contributed by atoms with Crippen molar-refractivity contribution < 1.29 is 14.7 Å². The first-order valence-corrected chi connectivity index (χ1v) is 8.20. The molecule has 21 heavy (non-hydrogen) atoms. The van der Waals surface area contributed by atoms with Crippen LogP contribution in [0.2, 0.25) is 0 Å². The normalized spacial score (nSPS) is 18.8. The molecule has 0 spiro atoms. The van der Waals surface area contributed by atoms with E-state index in [0.717, 1.165) is 36.8 Å². The molecule has 1 aromatic heterocycles. The molecule has 1 aliphatic heterocycles. The molecule has 6 heteroatoms. The van der Waals surface area contributed by atoms with Gasteiger partial charge >= 0.3 is 5.97 Å². The number of amides is 1. The van der Waals surface area contributed by atoms with Crippen LogP contribution in [0.5, 0.6) is 0 Å². The van der Waals surface area contributed by atoms with Gasteiger partial charge in [0, 0.05) is 36.2 Å². The monoisotopic (exact) mass is 356 g/mol. The number of aliphatic carboxylic acids is 1. The molecule has 0 unspecified atom stereocenters. The highest BCUT2D eigenvalue weighted by atomic mass is 79.9. The Morgan fingerprint density at radius 2 is 2.19 bits per heavy atom. The third-order valence-electron chi connectivity index (χ3n) is 4.00. The number of aryl methyl sites for hydroxylation is 1. The second-order valence-electron chi connectivity index (χ2n) is 5.41. The van der Waals surface area contributed by atoms with E-state index in [9.17, 15) is 9.59 Å². The standard InChI is InChI=1S/C15H21BrN2O3/c1-2-17-10-11(16)9-13(17)15(21)18-8-4-3-5-12(18)6-7-14(19)20/h9-10,12H,2-8H2,1H3,(H,19,20)/t12-/m0/s1. The van der Waals surface area contributed by atoms with Gasteiger partial charge in [0.05, 0.1) is 0 Å². The lowest BCUT2D eigenvalue weighted by molar-refractivity contribution is -0.137. The number of nitrogens with zero attached hydrogens (tertiary/aromatic N) is 2. The first-order chi connectivity index (χ1) is 10.0. The summed E-state index contributed by atoms with van der Waals surface area (Å²) in [5.41, 5.74) is 0.673. The Bertz CT molecular complexity index is 527. The topological polar surface area (TPSA) is 62.5 Å². The zero-order chi connectivity index (χ0) is 15.4. The lowest BCUT2D eigenvalue weighted by Crippen LogP contribution is -2.44. The van der Waals surface area contributed by atoms with Crippen molar-refractivity contribution in [3.63, 3.8) is 0 Å². The van der Waals surface area contributed by atoms with Crippen LogP contribution in [0.4, 0.5) is 0 Å². The summed E-state index contributed by atoms with van der Waals surface area (Å²) in [7, 11) is 0. The van der Waals surface area contributed by atoms with Crippen molar-refractivity contribution in [1.29, 1.82) is 0 Å². The third-order valence-corrected chi connectivity index (χ3v) is 4.44. The highest BCUT2D eigenvalue weighted by molar-refractivity contribution is 9.10. The van der Waals surface area contributed by atoms with Gasteiger partial charge in [0.15, 0.2) is 0 Å². The van der Waals surface area contributed by atoms with E-state index in [4.69, 9.17) is 5.11 Å². The van der Waals surface area contributed by atoms with Crippen molar-refractivity contribution in [2.45, 2.75) is 51.6 Å². The van der Waals surface area contributed by atoms with Crippen LogP contribution in [0.15, 0.2) is 16.7 Å². The van der Waals surface area contributed by atoms with Crippen LogP contribution < -0.4 is 0 Å². The molecule has 1 amide bonds. The number of carbonyl (C=O) groups excluding carboxylic acids is 1. The number of hydrogen-bond donors (Lipinski definition) is 1. The van der Waals surface area contributed by atoms with E-state index in [1.807, 2.05) is 28.7 Å². The summed E-state index contributed by atoms with van der Waals surface area (Å²) >= 11 is 3.41. The predicted molar refractivity (Wildman–Crippen MR) is 83.4 cm³/mol. The molecule has 5 nitrogen and oxygen atoms in total. The maximum absolute atomic E-state index is 12.8. The molecular formula is C15H21BrN2O3. The van der Waals surface area contributed by atoms with Crippen molar-refractivity contribution in [3.8, 4) is 0 Å². The van der Waals surface area contributed by atoms with E-state index in [1.165, 1.54) is 0 Å². The van der Waals surface area contributed by atoms with Gasteiger partial charge in [-0.3, -0.25) is 9.59 Å². The molecule has 0 aromatic carbocycles. The number of aromatic nitrogens is 1. The minimum absolute atomic E-state index is 0.0117. The SMILES string of the molecule is CCn1cc(Br)cc1C(=O)N1CCCC[C@H]1CCC(=O)O. The number of carbonyl (C=O) groups is 2. The van der Waals surface area contributed by atoms with Crippen LogP contribution in [0.1, 0.15) is 49.5 Å². The average Bonchev–Trinajstić information content (AvgIpc) is 2.85. The van der Waals surface area contributed by atoms with Crippen LogP contribution in [0.3, 0.4) is 0 Å². The second-order valence-corrected chi connectivity index (χ2v) is 6.33. The summed E-state index contributed by atoms with van der Waals surface area (Å²) in [6, 6.07) is 1.88. The van der Waals surface area contributed by atoms with E-state index in [2.05, 4.69) is 15.9 Å². The Balaban J connectivity index is 2.15. The highest BCUT2D eigenvalue weighted by Crippen LogP contribution is 2.25. The van der Waals surface area contributed by atoms with Gasteiger partial charge in [-0.15, -0.1) is 0 Å². The first kappa shape index (κ1) is 16.1. The quantitative estimate of drug-likeness (QED) is 0.881. The number of likely N-dealkylation sites (tertiary alicyclic amines) is 1. The van der Waals surface area contributed by atoms with Gasteiger partial charge in [0.2, 0.25) is 0 Å². The van der Waals surface area contributed by atoms with E-state index < -0.39 is 5.97 Å². The molecule has 1 saturated heterocycles. The van der Waals surface area contributed by atoms with Crippen molar-refractivity contribution in [2.75, 3.05) is 6.54 Å². The van der Waals surface area contributed by atoms with E-state index in [-0.39, 0.29) is 18.4 Å².